The van der Waals surface area contributed by atoms with Crippen LogP contribution in [0.3, 0.4) is 0 Å². The van der Waals surface area contributed by atoms with Gasteiger partial charge < -0.3 is 15.4 Å². The van der Waals surface area contributed by atoms with Crippen LogP contribution in [0.1, 0.15) is 41.9 Å². The van der Waals surface area contributed by atoms with Gasteiger partial charge in [-0.1, -0.05) is 11.6 Å². The average Bonchev–Trinajstić information content (AvgIpc) is 2.73. The molecule has 3 aliphatic carbocycles. The molecule has 2 N–H and O–H groups in total. The highest BCUT2D eigenvalue weighted by Gasteiger charge is 2.47. The lowest BCUT2D eigenvalue weighted by Crippen LogP contribution is -2.60. The van der Waals surface area contributed by atoms with Gasteiger partial charge >= 0.3 is 0 Å². The van der Waals surface area contributed by atoms with Crippen molar-refractivity contribution < 1.29 is 27.5 Å². The average molecular weight is 469 g/mol. The standard InChI is InChI=1S/C21H20ClF3N4O3/c22-13-2-1-12(5-14(13)23)32-9-19(30)28-15-6-16(11-3-10(15)4-11)29-21(31)18-8-26-17(7-27-18)20(24)25/h1-2,5,7-8,10-11,15-16,20H,3-4,6,9H2,(H,28,30)(H,29,31). The van der Waals surface area contributed by atoms with Crippen LogP contribution in [0.25, 0.3) is 0 Å². The van der Waals surface area contributed by atoms with Crippen LogP contribution < -0.4 is 15.4 Å². The van der Waals surface area contributed by atoms with E-state index in [2.05, 4.69) is 20.6 Å². The first kappa shape index (κ1) is 22.3. The summed E-state index contributed by atoms with van der Waals surface area (Å²) >= 11 is 5.62. The summed E-state index contributed by atoms with van der Waals surface area (Å²) < 4.78 is 44.0. The Hall–Kier alpha value is -2.88. The Morgan fingerprint density at radius 2 is 1.81 bits per heavy atom. The molecule has 0 aliphatic heterocycles. The first-order chi connectivity index (χ1) is 15.3. The molecule has 3 aliphatic rings. The van der Waals surface area contributed by atoms with E-state index in [9.17, 15) is 22.8 Å². The zero-order valence-electron chi connectivity index (χ0n) is 16.7. The molecule has 11 heteroatoms. The molecule has 0 spiro atoms. The SMILES string of the molecule is O=C(COc1ccc(Cl)c(F)c1)NC1CC(NC(=O)c2cnc(C(F)F)cn2)C2CC1C2. The molecular formula is C21H20ClF3N4O3. The molecular weight excluding hydrogens is 449 g/mol. The van der Waals surface area contributed by atoms with Crippen molar-refractivity contribution in [3.8, 4) is 5.75 Å². The van der Waals surface area contributed by atoms with Crippen LogP contribution in [0.4, 0.5) is 13.2 Å². The molecule has 170 valence electrons. The third-order valence-corrected chi connectivity index (χ3v) is 6.22. The van der Waals surface area contributed by atoms with Crippen molar-refractivity contribution >= 4 is 23.4 Å². The molecule has 5 rings (SSSR count). The van der Waals surface area contributed by atoms with E-state index < -0.39 is 23.8 Å². The van der Waals surface area contributed by atoms with Gasteiger partial charge in [-0.15, -0.1) is 0 Å². The summed E-state index contributed by atoms with van der Waals surface area (Å²) in [7, 11) is 0. The number of carbonyl (C=O) groups is 2. The zero-order valence-corrected chi connectivity index (χ0v) is 17.5. The fourth-order valence-corrected chi connectivity index (χ4v) is 4.27. The molecule has 0 saturated heterocycles. The minimum Gasteiger partial charge on any atom is -0.484 e. The lowest BCUT2D eigenvalue weighted by Gasteiger charge is -2.51. The van der Waals surface area contributed by atoms with Crippen LogP contribution in [0.15, 0.2) is 30.6 Å². The number of aromatic nitrogens is 2. The summed E-state index contributed by atoms with van der Waals surface area (Å²) in [6.07, 6.45) is 1.40. The van der Waals surface area contributed by atoms with Crippen molar-refractivity contribution in [1.82, 2.24) is 20.6 Å². The second-order valence-corrected chi connectivity index (χ2v) is 8.38. The quantitative estimate of drug-likeness (QED) is 0.650. The van der Waals surface area contributed by atoms with E-state index in [0.717, 1.165) is 31.3 Å². The van der Waals surface area contributed by atoms with Crippen molar-refractivity contribution in [1.29, 1.82) is 0 Å². The Morgan fingerprint density at radius 3 is 2.44 bits per heavy atom. The third-order valence-electron chi connectivity index (χ3n) is 5.91. The van der Waals surface area contributed by atoms with Crippen molar-refractivity contribution in [3.63, 3.8) is 0 Å². The van der Waals surface area contributed by atoms with E-state index in [4.69, 9.17) is 16.3 Å². The Balaban J connectivity index is 1.29. The van der Waals surface area contributed by atoms with E-state index in [0.29, 0.717) is 18.3 Å². The molecule has 3 saturated carbocycles. The van der Waals surface area contributed by atoms with E-state index in [1.165, 1.54) is 12.1 Å². The number of ether oxygens (including phenoxy) is 1. The van der Waals surface area contributed by atoms with E-state index in [-0.39, 0.29) is 41.1 Å². The normalized spacial score (nSPS) is 23.9. The summed E-state index contributed by atoms with van der Waals surface area (Å²) in [5, 5.41) is 5.76. The summed E-state index contributed by atoms with van der Waals surface area (Å²) in [6, 6.07) is 3.60. The fourth-order valence-electron chi connectivity index (χ4n) is 4.15. The smallest absolute Gasteiger partial charge is 0.281 e. The van der Waals surface area contributed by atoms with Crippen molar-refractivity contribution in [2.45, 2.75) is 37.8 Å². The number of nitrogens with zero attached hydrogens (tertiary/aromatic N) is 2. The third kappa shape index (κ3) is 4.95. The van der Waals surface area contributed by atoms with Gasteiger partial charge in [0.1, 0.15) is 23.0 Å². The lowest BCUT2D eigenvalue weighted by atomic mass is 9.60. The molecule has 1 aromatic carbocycles. The van der Waals surface area contributed by atoms with E-state index >= 15 is 0 Å². The molecule has 2 aromatic rings. The summed E-state index contributed by atoms with van der Waals surface area (Å²) in [4.78, 5) is 32.1. The molecule has 2 bridgehead atoms. The maximum absolute atomic E-state index is 13.5. The Bertz CT molecular complexity index is 1000. The summed E-state index contributed by atoms with van der Waals surface area (Å²) in [5.41, 5.74) is -0.535. The summed E-state index contributed by atoms with van der Waals surface area (Å²) in [6.45, 7) is -0.281. The van der Waals surface area contributed by atoms with Gasteiger partial charge in [-0.3, -0.25) is 14.6 Å². The number of benzene rings is 1. The minimum atomic E-state index is -2.75. The van der Waals surface area contributed by atoms with Crippen molar-refractivity contribution in [3.05, 3.63) is 52.8 Å². The second kappa shape index (κ2) is 9.32. The van der Waals surface area contributed by atoms with Crippen LogP contribution in [0.5, 0.6) is 5.75 Å². The molecule has 0 radical (unpaired) electrons. The minimum absolute atomic E-state index is 0.0346. The lowest BCUT2D eigenvalue weighted by molar-refractivity contribution is -0.125. The van der Waals surface area contributed by atoms with Gasteiger partial charge in [-0.2, -0.15) is 0 Å². The number of nitrogens with one attached hydrogen (secondary N) is 2. The highest BCUT2D eigenvalue weighted by Crippen LogP contribution is 2.45. The summed E-state index contributed by atoms with van der Waals surface area (Å²) in [5.74, 6) is -0.682. The van der Waals surface area contributed by atoms with Crippen LogP contribution in [0.2, 0.25) is 5.02 Å². The monoisotopic (exact) mass is 468 g/mol. The van der Waals surface area contributed by atoms with Crippen LogP contribution in [-0.4, -0.2) is 40.5 Å². The maximum atomic E-state index is 13.5. The first-order valence-electron chi connectivity index (χ1n) is 10.1. The molecule has 2 unspecified atom stereocenters. The maximum Gasteiger partial charge on any atom is 0.281 e. The molecule has 2 atom stereocenters. The topological polar surface area (TPSA) is 93.2 Å². The second-order valence-electron chi connectivity index (χ2n) is 7.97. The van der Waals surface area contributed by atoms with Crippen LogP contribution in [0, 0.1) is 17.7 Å². The number of alkyl halides is 2. The van der Waals surface area contributed by atoms with Gasteiger partial charge in [0.2, 0.25) is 0 Å². The molecule has 32 heavy (non-hydrogen) atoms. The number of fused-ring (bicyclic) bond motifs is 2. The Morgan fingerprint density at radius 1 is 1.09 bits per heavy atom. The Labute approximate surface area is 186 Å². The highest BCUT2D eigenvalue weighted by atomic mass is 35.5. The number of hydrogen-bond acceptors (Lipinski definition) is 5. The molecule has 2 amide bonds. The highest BCUT2D eigenvalue weighted by molar-refractivity contribution is 6.30. The predicted molar refractivity (Wildman–Crippen MR) is 108 cm³/mol. The fraction of sp³-hybridized carbons (Fsp3) is 0.429. The van der Waals surface area contributed by atoms with E-state index in [1.54, 1.807) is 0 Å². The predicted octanol–water partition coefficient (Wildman–Crippen LogP) is 3.30. The van der Waals surface area contributed by atoms with Crippen molar-refractivity contribution in [2.75, 3.05) is 6.61 Å². The Kier molecular flexibility index (Phi) is 6.50. The molecule has 1 aromatic heterocycles. The van der Waals surface area contributed by atoms with E-state index in [1.807, 2.05) is 0 Å². The van der Waals surface area contributed by atoms with Gasteiger partial charge in [0.25, 0.3) is 18.2 Å². The number of carbonyl (C=O) groups excluding carboxylic acids is 2. The number of amides is 2. The van der Waals surface area contributed by atoms with Gasteiger partial charge in [0, 0.05) is 18.2 Å². The van der Waals surface area contributed by atoms with Crippen LogP contribution >= 0.6 is 11.6 Å². The first-order valence-corrected chi connectivity index (χ1v) is 10.5. The van der Waals surface area contributed by atoms with Gasteiger partial charge in [0.15, 0.2) is 6.61 Å². The number of hydrogen-bond donors (Lipinski definition) is 2. The number of rotatable bonds is 7. The largest absolute Gasteiger partial charge is 0.484 e. The molecule has 1 heterocycles. The molecule has 3 fully saturated rings. The molecule has 7 nitrogen and oxygen atoms in total. The van der Waals surface area contributed by atoms with Gasteiger partial charge in [-0.05, 0) is 43.2 Å². The van der Waals surface area contributed by atoms with Gasteiger partial charge in [-0.25, -0.2) is 18.2 Å². The van der Waals surface area contributed by atoms with Crippen LogP contribution in [-0.2, 0) is 4.79 Å². The van der Waals surface area contributed by atoms with Crippen molar-refractivity contribution in [2.24, 2.45) is 11.8 Å². The van der Waals surface area contributed by atoms with Gasteiger partial charge in [0.05, 0.1) is 17.4 Å². The number of halogens is 4. The zero-order chi connectivity index (χ0) is 22.8.